The van der Waals surface area contributed by atoms with Crippen LogP contribution in [-0.4, -0.2) is 46.6 Å². The maximum Gasteiger partial charge on any atom is 0.280 e. The van der Waals surface area contributed by atoms with Crippen molar-refractivity contribution in [3.63, 3.8) is 0 Å². The van der Waals surface area contributed by atoms with Crippen LogP contribution in [0.25, 0.3) is 0 Å². The van der Waals surface area contributed by atoms with E-state index in [1.807, 2.05) is 0 Å². The van der Waals surface area contributed by atoms with Crippen LogP contribution in [0.2, 0.25) is 0 Å². The van der Waals surface area contributed by atoms with Crippen molar-refractivity contribution in [3.05, 3.63) is 40.7 Å². The van der Waals surface area contributed by atoms with Gasteiger partial charge in [0.25, 0.3) is 6.43 Å². The Kier molecular flexibility index (Phi) is 6.23. The number of aromatic nitrogens is 2. The average Bonchev–Trinajstić information content (AvgIpc) is 3.01. The minimum Gasteiger partial charge on any atom is -0.375 e. The zero-order chi connectivity index (χ0) is 18.5. The fraction of sp³-hybridized carbons (Fsp3) is 0.471. The van der Waals surface area contributed by atoms with E-state index >= 15 is 0 Å². The topological polar surface area (TPSA) is 67.4 Å². The highest BCUT2D eigenvalue weighted by atomic mass is 32.1. The molecule has 0 bridgehead atoms. The Labute approximate surface area is 154 Å². The highest BCUT2D eigenvalue weighted by molar-refractivity contribution is 7.15. The van der Waals surface area contributed by atoms with E-state index in [-0.39, 0.29) is 17.7 Å². The molecule has 2 aromatic rings. The number of hydrogen-bond acceptors (Lipinski definition) is 6. The lowest BCUT2D eigenvalue weighted by Gasteiger charge is -2.32. The molecule has 0 unspecified atom stereocenters. The molecule has 0 spiro atoms. The van der Waals surface area contributed by atoms with E-state index in [1.165, 1.54) is 30.5 Å². The first-order valence-electron chi connectivity index (χ1n) is 8.29. The summed E-state index contributed by atoms with van der Waals surface area (Å²) in [6, 6.07) is 3.19. The number of anilines is 1. The third-order valence-electron chi connectivity index (χ3n) is 3.97. The average molecular weight is 382 g/mol. The first-order valence-corrected chi connectivity index (χ1v) is 9.10. The summed E-state index contributed by atoms with van der Waals surface area (Å²) in [5, 5.41) is 3.27. The van der Waals surface area contributed by atoms with Crippen molar-refractivity contribution in [3.8, 4) is 0 Å². The second kappa shape index (κ2) is 8.61. The van der Waals surface area contributed by atoms with Gasteiger partial charge in [-0.05, 0) is 17.7 Å². The van der Waals surface area contributed by atoms with Gasteiger partial charge < -0.3 is 10.1 Å². The lowest BCUT2D eigenvalue weighted by Crippen LogP contribution is -2.42. The van der Waals surface area contributed by atoms with Crippen LogP contribution in [0.3, 0.4) is 0 Å². The van der Waals surface area contributed by atoms with Gasteiger partial charge in [-0.2, -0.15) is 0 Å². The Morgan fingerprint density at radius 1 is 1.50 bits per heavy atom. The number of thiazole rings is 1. The molecule has 1 saturated heterocycles. The molecule has 6 nitrogen and oxygen atoms in total. The number of rotatable bonds is 6. The molecule has 3 heterocycles. The summed E-state index contributed by atoms with van der Waals surface area (Å²) in [6.07, 6.45) is 1.12. The largest absolute Gasteiger partial charge is 0.375 e. The predicted molar refractivity (Wildman–Crippen MR) is 94.3 cm³/mol. The predicted octanol–water partition coefficient (Wildman–Crippen LogP) is 2.88. The molecule has 9 heteroatoms. The van der Waals surface area contributed by atoms with Gasteiger partial charge in [0.1, 0.15) is 5.69 Å². The normalized spacial score (nSPS) is 18.2. The molecule has 3 rings (SSSR count). The maximum atomic E-state index is 12.8. The Morgan fingerprint density at radius 3 is 3.12 bits per heavy atom. The Hall–Kier alpha value is -1.97. The Bertz CT molecular complexity index is 756. The lowest BCUT2D eigenvalue weighted by atomic mass is 10.1. The van der Waals surface area contributed by atoms with Crippen molar-refractivity contribution < 1.29 is 18.3 Å². The van der Waals surface area contributed by atoms with Crippen molar-refractivity contribution >= 4 is 22.4 Å². The summed E-state index contributed by atoms with van der Waals surface area (Å²) >= 11 is 1.45. The number of halogens is 2. The molecule has 2 aromatic heterocycles. The van der Waals surface area contributed by atoms with Gasteiger partial charge in [-0.1, -0.05) is 0 Å². The molecule has 0 saturated carbocycles. The van der Waals surface area contributed by atoms with Gasteiger partial charge in [0, 0.05) is 50.2 Å². The molecular weight excluding hydrogens is 362 g/mol. The summed E-state index contributed by atoms with van der Waals surface area (Å²) in [7, 11) is 0. The van der Waals surface area contributed by atoms with Crippen LogP contribution in [0.1, 0.15) is 29.5 Å². The van der Waals surface area contributed by atoms with Crippen molar-refractivity contribution in [2.75, 3.05) is 25.0 Å². The van der Waals surface area contributed by atoms with Gasteiger partial charge in [0.15, 0.2) is 5.13 Å². The maximum absolute atomic E-state index is 12.8. The van der Waals surface area contributed by atoms with Crippen LogP contribution in [0.4, 0.5) is 13.9 Å². The molecule has 1 aliphatic heterocycles. The number of morpholine rings is 1. The van der Waals surface area contributed by atoms with Crippen LogP contribution in [-0.2, 0) is 22.5 Å². The number of alkyl halides is 2. The molecule has 1 atom stereocenters. The number of carbonyl (C=O) groups excluding carboxylic acids is 1. The molecule has 1 aliphatic rings. The summed E-state index contributed by atoms with van der Waals surface area (Å²) in [4.78, 5) is 22.2. The summed E-state index contributed by atoms with van der Waals surface area (Å²) < 4.78 is 31.3. The number of carbonyl (C=O) groups is 1. The smallest absolute Gasteiger partial charge is 0.280 e. The molecular formula is C17H20F2N4O2S. The Morgan fingerprint density at radius 2 is 2.35 bits per heavy atom. The van der Waals surface area contributed by atoms with E-state index in [2.05, 4.69) is 20.2 Å². The van der Waals surface area contributed by atoms with Gasteiger partial charge in [-0.25, -0.2) is 13.8 Å². The van der Waals surface area contributed by atoms with Crippen molar-refractivity contribution in [1.82, 2.24) is 14.9 Å². The molecule has 140 valence electrons. The van der Waals surface area contributed by atoms with Gasteiger partial charge in [-0.15, -0.1) is 11.3 Å². The van der Waals surface area contributed by atoms with Crippen LogP contribution in [0, 0.1) is 0 Å². The first-order chi connectivity index (χ1) is 12.5. The number of nitrogens with one attached hydrogen (secondary N) is 1. The fourth-order valence-electron chi connectivity index (χ4n) is 2.86. The third kappa shape index (κ3) is 5.26. The minimum atomic E-state index is -2.57. The number of pyridine rings is 1. The van der Waals surface area contributed by atoms with E-state index in [0.29, 0.717) is 24.7 Å². The molecule has 26 heavy (non-hydrogen) atoms. The second-order valence-electron chi connectivity index (χ2n) is 6.13. The van der Waals surface area contributed by atoms with Gasteiger partial charge in [0.05, 0.1) is 12.7 Å². The highest BCUT2D eigenvalue weighted by Gasteiger charge is 2.22. The van der Waals surface area contributed by atoms with Gasteiger partial charge in [-0.3, -0.25) is 14.7 Å². The summed E-state index contributed by atoms with van der Waals surface area (Å²) in [5.41, 5.74) is 0.596. The van der Waals surface area contributed by atoms with Crippen LogP contribution in [0.5, 0.6) is 0 Å². The second-order valence-corrected chi connectivity index (χ2v) is 7.25. The molecule has 1 fully saturated rings. The molecule has 1 amide bonds. The number of amides is 1. The summed E-state index contributed by atoms with van der Waals surface area (Å²) in [6.45, 7) is 4.26. The Balaban J connectivity index is 1.56. The zero-order valence-electron chi connectivity index (χ0n) is 14.3. The van der Waals surface area contributed by atoms with E-state index in [0.717, 1.165) is 23.5 Å². The highest BCUT2D eigenvalue weighted by Crippen LogP contribution is 2.22. The van der Waals surface area contributed by atoms with E-state index in [1.54, 1.807) is 12.3 Å². The third-order valence-corrected chi connectivity index (χ3v) is 4.87. The molecule has 0 aliphatic carbocycles. The number of hydrogen-bond donors (Lipinski definition) is 1. The monoisotopic (exact) mass is 382 g/mol. The SMILES string of the molecule is CC(=O)Nc1ncc(CN2CCO[C@H](Cc3ccnc(C(F)F)c3)C2)s1. The van der Waals surface area contributed by atoms with Crippen LogP contribution >= 0.6 is 11.3 Å². The standard InChI is InChI=1S/C17H20F2N4O2S/c1-11(24)22-17-21-8-14(26-17)10-23-4-5-25-13(9-23)6-12-2-3-20-15(7-12)16(18)19/h2-3,7-8,13,16H,4-6,9-10H2,1H3,(H,21,22,24)/t13-/m1/s1. The number of nitrogens with zero attached hydrogens (tertiary/aromatic N) is 3. The van der Waals surface area contributed by atoms with Crippen LogP contribution in [0.15, 0.2) is 24.5 Å². The van der Waals surface area contributed by atoms with E-state index in [4.69, 9.17) is 4.74 Å². The van der Waals surface area contributed by atoms with Gasteiger partial charge >= 0.3 is 0 Å². The first kappa shape index (κ1) is 18.8. The lowest BCUT2D eigenvalue weighted by molar-refractivity contribution is -0.114. The zero-order valence-corrected chi connectivity index (χ0v) is 15.1. The quantitative estimate of drug-likeness (QED) is 0.832. The molecule has 1 N–H and O–H groups in total. The van der Waals surface area contributed by atoms with Crippen molar-refractivity contribution in [1.29, 1.82) is 0 Å². The molecule has 0 radical (unpaired) electrons. The number of ether oxygens (including phenoxy) is 1. The van der Waals surface area contributed by atoms with E-state index in [9.17, 15) is 13.6 Å². The minimum absolute atomic E-state index is 0.0561. The summed E-state index contributed by atoms with van der Waals surface area (Å²) in [5.74, 6) is -0.141. The molecule has 0 aromatic carbocycles. The van der Waals surface area contributed by atoms with E-state index < -0.39 is 6.43 Å². The van der Waals surface area contributed by atoms with Crippen LogP contribution < -0.4 is 5.32 Å². The van der Waals surface area contributed by atoms with Gasteiger partial charge in [0.2, 0.25) is 5.91 Å². The van der Waals surface area contributed by atoms with Crippen molar-refractivity contribution in [2.45, 2.75) is 32.4 Å². The fourth-order valence-corrected chi connectivity index (χ4v) is 3.76. The van der Waals surface area contributed by atoms with Crippen molar-refractivity contribution in [2.24, 2.45) is 0 Å².